The number of carbonyl (C=O) groups excluding carboxylic acids is 2. The summed E-state index contributed by atoms with van der Waals surface area (Å²) in [5, 5.41) is 1.92. The van der Waals surface area contributed by atoms with Crippen LogP contribution in [-0.2, 0) is 0 Å². The van der Waals surface area contributed by atoms with Gasteiger partial charge in [0, 0.05) is 36.1 Å². The van der Waals surface area contributed by atoms with Gasteiger partial charge in [0.05, 0.1) is 11.8 Å². The number of thiazole rings is 1. The number of piperidine rings is 1. The van der Waals surface area contributed by atoms with Crippen molar-refractivity contribution in [3.8, 4) is 5.75 Å². The summed E-state index contributed by atoms with van der Waals surface area (Å²) in [5.41, 5.74) is 1.97. The van der Waals surface area contributed by atoms with Crippen molar-refractivity contribution in [2.45, 2.75) is 39.7 Å². The van der Waals surface area contributed by atoms with Gasteiger partial charge in [0.1, 0.15) is 11.4 Å². The highest BCUT2D eigenvalue weighted by Crippen LogP contribution is 2.26. The van der Waals surface area contributed by atoms with Crippen LogP contribution in [-0.4, -0.2) is 45.2 Å². The minimum atomic E-state index is -0.201. The molecule has 1 aromatic carbocycles. The zero-order valence-electron chi connectivity index (χ0n) is 16.9. The molecule has 6 nitrogen and oxygen atoms in total. The Morgan fingerprint density at radius 3 is 2.93 bits per heavy atom. The standard InChI is InChI=1S/C22H25N3O3S/c1-14(2)28-18-8-4-6-16(12-18)20(26)17-7-5-9-24(13-17)21(27)19-15(3)23-22-25(19)10-11-29-22/h4,6,8,10-12,14,17H,5,7,9,13H2,1-3H3/t17-/m0/s1. The van der Waals surface area contributed by atoms with Crippen molar-refractivity contribution in [3.05, 3.63) is 52.8 Å². The molecule has 29 heavy (non-hydrogen) atoms. The van der Waals surface area contributed by atoms with Crippen LogP contribution < -0.4 is 4.74 Å². The number of likely N-dealkylation sites (tertiary alicyclic amines) is 1. The third-order valence-electron chi connectivity index (χ3n) is 5.21. The highest BCUT2D eigenvalue weighted by molar-refractivity contribution is 7.15. The first-order valence-corrected chi connectivity index (χ1v) is 10.8. The number of Topliss-reactive ketones (excluding diaryl/α,β-unsaturated/α-hetero) is 1. The Labute approximate surface area is 174 Å². The van der Waals surface area contributed by atoms with Crippen molar-refractivity contribution < 1.29 is 14.3 Å². The van der Waals surface area contributed by atoms with Crippen molar-refractivity contribution in [1.82, 2.24) is 14.3 Å². The van der Waals surface area contributed by atoms with Gasteiger partial charge in [-0.15, -0.1) is 11.3 Å². The van der Waals surface area contributed by atoms with Crippen molar-refractivity contribution in [1.29, 1.82) is 0 Å². The molecule has 7 heteroatoms. The molecule has 0 saturated carbocycles. The Hall–Kier alpha value is -2.67. The van der Waals surface area contributed by atoms with Crippen molar-refractivity contribution in [2.24, 2.45) is 5.92 Å². The molecule has 0 aliphatic carbocycles. The van der Waals surface area contributed by atoms with Gasteiger partial charge in [0.2, 0.25) is 0 Å². The van der Waals surface area contributed by atoms with E-state index in [1.54, 1.807) is 11.0 Å². The predicted molar refractivity (Wildman–Crippen MR) is 113 cm³/mol. The molecule has 1 saturated heterocycles. The Balaban J connectivity index is 1.52. The van der Waals surface area contributed by atoms with E-state index in [9.17, 15) is 9.59 Å². The van der Waals surface area contributed by atoms with Crippen LogP contribution in [0.2, 0.25) is 0 Å². The number of rotatable bonds is 5. The number of aromatic nitrogens is 2. The molecule has 3 aromatic rings. The van der Waals surface area contributed by atoms with Crippen LogP contribution in [0.15, 0.2) is 35.8 Å². The number of hydrogen-bond donors (Lipinski definition) is 0. The monoisotopic (exact) mass is 411 g/mol. The van der Waals surface area contributed by atoms with Crippen LogP contribution in [0, 0.1) is 12.8 Å². The average molecular weight is 412 g/mol. The minimum Gasteiger partial charge on any atom is -0.491 e. The Morgan fingerprint density at radius 2 is 2.14 bits per heavy atom. The molecule has 1 amide bonds. The number of benzene rings is 1. The van der Waals surface area contributed by atoms with Crippen LogP contribution in [0.25, 0.3) is 4.96 Å². The van der Waals surface area contributed by atoms with Gasteiger partial charge in [-0.25, -0.2) is 4.98 Å². The van der Waals surface area contributed by atoms with E-state index in [-0.39, 0.29) is 23.7 Å². The number of hydrogen-bond acceptors (Lipinski definition) is 5. The smallest absolute Gasteiger partial charge is 0.272 e. The van der Waals surface area contributed by atoms with Gasteiger partial charge in [-0.2, -0.15) is 0 Å². The number of carbonyl (C=O) groups is 2. The quantitative estimate of drug-likeness (QED) is 0.590. The number of aryl methyl sites for hydroxylation is 1. The first-order valence-electron chi connectivity index (χ1n) is 9.96. The second kappa shape index (κ2) is 7.99. The predicted octanol–water partition coefficient (Wildman–Crippen LogP) is 4.23. The van der Waals surface area contributed by atoms with E-state index >= 15 is 0 Å². The fraction of sp³-hybridized carbons (Fsp3) is 0.409. The molecular formula is C22H25N3O3S. The van der Waals surface area contributed by atoms with E-state index in [1.165, 1.54) is 11.3 Å². The molecule has 152 valence electrons. The fourth-order valence-electron chi connectivity index (χ4n) is 3.91. The Bertz CT molecular complexity index is 1050. The maximum Gasteiger partial charge on any atom is 0.272 e. The summed E-state index contributed by atoms with van der Waals surface area (Å²) < 4.78 is 7.57. The summed E-state index contributed by atoms with van der Waals surface area (Å²) >= 11 is 1.51. The Morgan fingerprint density at radius 1 is 1.31 bits per heavy atom. The van der Waals surface area contributed by atoms with Gasteiger partial charge in [0.15, 0.2) is 10.7 Å². The van der Waals surface area contributed by atoms with Gasteiger partial charge >= 0.3 is 0 Å². The number of nitrogens with zero attached hydrogens (tertiary/aromatic N) is 3. The molecule has 2 aromatic heterocycles. The van der Waals surface area contributed by atoms with E-state index in [0.717, 1.165) is 23.5 Å². The lowest BCUT2D eigenvalue weighted by Gasteiger charge is -2.32. The first-order chi connectivity index (χ1) is 13.9. The summed E-state index contributed by atoms with van der Waals surface area (Å²) in [5.74, 6) is 0.516. The Kier molecular flexibility index (Phi) is 5.41. The number of ketones is 1. The molecule has 4 rings (SSSR count). The topological polar surface area (TPSA) is 63.9 Å². The minimum absolute atomic E-state index is 0.0518. The van der Waals surface area contributed by atoms with Gasteiger partial charge < -0.3 is 9.64 Å². The second-order valence-corrected chi connectivity index (χ2v) is 8.62. The molecule has 1 fully saturated rings. The van der Waals surface area contributed by atoms with E-state index < -0.39 is 0 Å². The molecule has 1 atom stereocenters. The SMILES string of the molecule is Cc1nc2sccn2c1C(=O)N1CCC[C@H](C(=O)c2cccc(OC(C)C)c2)C1. The lowest BCUT2D eigenvalue weighted by Crippen LogP contribution is -2.43. The van der Waals surface area contributed by atoms with Crippen LogP contribution in [0.1, 0.15) is 53.2 Å². The molecule has 1 aliphatic heterocycles. The molecule has 0 N–H and O–H groups in total. The summed E-state index contributed by atoms with van der Waals surface area (Å²) in [7, 11) is 0. The number of imidazole rings is 1. The van der Waals surface area contributed by atoms with Crippen LogP contribution in [0.4, 0.5) is 0 Å². The molecule has 3 heterocycles. The molecule has 0 unspecified atom stereocenters. The molecule has 0 bridgehead atoms. The largest absolute Gasteiger partial charge is 0.491 e. The summed E-state index contributed by atoms with van der Waals surface area (Å²) in [6, 6.07) is 7.34. The fourth-order valence-corrected chi connectivity index (χ4v) is 4.67. The van der Waals surface area contributed by atoms with Gasteiger partial charge in [-0.05, 0) is 45.7 Å². The van der Waals surface area contributed by atoms with Gasteiger partial charge in [-0.3, -0.25) is 14.0 Å². The number of ether oxygens (including phenoxy) is 1. The highest BCUT2D eigenvalue weighted by Gasteiger charge is 2.31. The summed E-state index contributed by atoms with van der Waals surface area (Å²) in [4.78, 5) is 33.4. The van der Waals surface area contributed by atoms with Crippen LogP contribution in [0.3, 0.4) is 0 Å². The zero-order valence-corrected chi connectivity index (χ0v) is 17.7. The summed E-state index contributed by atoms with van der Waals surface area (Å²) in [6.45, 7) is 6.88. The van der Waals surface area contributed by atoms with Gasteiger partial charge in [-0.1, -0.05) is 12.1 Å². The lowest BCUT2D eigenvalue weighted by molar-refractivity contribution is 0.0630. The molecule has 1 aliphatic rings. The van der Waals surface area contributed by atoms with E-state index in [1.807, 2.05) is 54.9 Å². The first kappa shape index (κ1) is 19.6. The molecule has 0 spiro atoms. The second-order valence-electron chi connectivity index (χ2n) is 7.75. The lowest BCUT2D eigenvalue weighted by atomic mass is 9.89. The van der Waals surface area contributed by atoms with Gasteiger partial charge in [0.25, 0.3) is 5.91 Å². The maximum absolute atomic E-state index is 13.2. The zero-order chi connectivity index (χ0) is 20.5. The van der Waals surface area contributed by atoms with Crippen LogP contribution >= 0.6 is 11.3 Å². The number of amides is 1. The third kappa shape index (κ3) is 3.92. The van der Waals surface area contributed by atoms with Crippen LogP contribution in [0.5, 0.6) is 5.75 Å². The average Bonchev–Trinajstić information content (AvgIpc) is 3.26. The maximum atomic E-state index is 13.2. The highest BCUT2D eigenvalue weighted by atomic mass is 32.1. The molecular weight excluding hydrogens is 386 g/mol. The van der Waals surface area contributed by atoms with Crippen molar-refractivity contribution >= 4 is 28.0 Å². The van der Waals surface area contributed by atoms with E-state index in [4.69, 9.17) is 4.74 Å². The summed E-state index contributed by atoms with van der Waals surface area (Å²) in [6.07, 6.45) is 3.53. The number of fused-ring (bicyclic) bond motifs is 1. The van der Waals surface area contributed by atoms with E-state index in [0.29, 0.717) is 30.1 Å². The van der Waals surface area contributed by atoms with E-state index in [2.05, 4.69) is 4.98 Å². The van der Waals surface area contributed by atoms with Crippen molar-refractivity contribution in [3.63, 3.8) is 0 Å². The van der Waals surface area contributed by atoms with Crippen molar-refractivity contribution in [2.75, 3.05) is 13.1 Å². The third-order valence-corrected chi connectivity index (χ3v) is 5.97. The molecule has 0 radical (unpaired) electrons. The normalized spacial score (nSPS) is 17.1.